The zero-order valence-electron chi connectivity index (χ0n) is 13.6. The van der Waals surface area contributed by atoms with E-state index in [0.717, 1.165) is 6.42 Å². The van der Waals surface area contributed by atoms with Gasteiger partial charge in [-0.05, 0) is 36.5 Å². The van der Waals surface area contributed by atoms with E-state index in [1.54, 1.807) is 6.07 Å². The zero-order valence-corrected chi connectivity index (χ0v) is 13.6. The first-order valence-corrected chi connectivity index (χ1v) is 8.38. The molecule has 1 amide bonds. The molecular formula is C18H26FNO3. The Bertz CT molecular complexity index is 509. The average Bonchev–Trinajstić information content (AvgIpc) is 2.53. The Morgan fingerprint density at radius 3 is 2.96 bits per heavy atom. The number of ether oxygens (including phenoxy) is 1. The lowest BCUT2D eigenvalue weighted by molar-refractivity contribution is -0.123. The molecule has 1 aliphatic rings. The highest BCUT2D eigenvalue weighted by atomic mass is 19.1. The summed E-state index contributed by atoms with van der Waals surface area (Å²) in [6.45, 7) is 3.12. The quantitative estimate of drug-likeness (QED) is 0.759. The van der Waals surface area contributed by atoms with Gasteiger partial charge in [-0.15, -0.1) is 0 Å². The highest BCUT2D eigenvalue weighted by Crippen LogP contribution is 2.26. The van der Waals surface area contributed by atoms with Crippen LogP contribution in [0.4, 0.5) is 4.39 Å². The van der Waals surface area contributed by atoms with E-state index in [-0.39, 0.29) is 12.3 Å². The molecule has 128 valence electrons. The Kier molecular flexibility index (Phi) is 6.99. The summed E-state index contributed by atoms with van der Waals surface area (Å²) in [7, 11) is 0. The summed E-state index contributed by atoms with van der Waals surface area (Å²) in [5.41, 5.74) is 0.410. The number of benzene rings is 1. The van der Waals surface area contributed by atoms with Crippen molar-refractivity contribution in [1.82, 2.24) is 5.32 Å². The SMILES string of the molecule is CC1CCCCC1OCCNC(=O)CC(O)c1cccc(F)c1. The van der Waals surface area contributed by atoms with Crippen molar-refractivity contribution in [3.8, 4) is 0 Å². The second kappa shape index (κ2) is 8.99. The molecule has 1 aliphatic carbocycles. The molecule has 0 aromatic heterocycles. The van der Waals surface area contributed by atoms with Gasteiger partial charge >= 0.3 is 0 Å². The summed E-state index contributed by atoms with van der Waals surface area (Å²) in [6.07, 6.45) is 3.99. The van der Waals surface area contributed by atoms with Crippen LogP contribution in [0.3, 0.4) is 0 Å². The number of hydrogen-bond donors (Lipinski definition) is 2. The number of amides is 1. The van der Waals surface area contributed by atoms with Crippen LogP contribution in [0.5, 0.6) is 0 Å². The maximum Gasteiger partial charge on any atom is 0.223 e. The fraction of sp³-hybridized carbons (Fsp3) is 0.611. The molecule has 1 saturated carbocycles. The highest BCUT2D eigenvalue weighted by molar-refractivity contribution is 5.76. The smallest absolute Gasteiger partial charge is 0.223 e. The van der Waals surface area contributed by atoms with Crippen LogP contribution in [0.15, 0.2) is 24.3 Å². The lowest BCUT2D eigenvalue weighted by atomic mass is 9.88. The molecule has 1 aromatic rings. The van der Waals surface area contributed by atoms with Gasteiger partial charge in [0.05, 0.1) is 25.2 Å². The summed E-state index contributed by atoms with van der Waals surface area (Å²) >= 11 is 0. The van der Waals surface area contributed by atoms with Gasteiger partial charge in [-0.25, -0.2) is 4.39 Å². The largest absolute Gasteiger partial charge is 0.388 e. The molecule has 4 nitrogen and oxygen atoms in total. The van der Waals surface area contributed by atoms with Crippen molar-refractivity contribution in [2.24, 2.45) is 5.92 Å². The summed E-state index contributed by atoms with van der Waals surface area (Å²) in [5.74, 6) is -0.103. The number of halogens is 1. The van der Waals surface area contributed by atoms with Crippen molar-refractivity contribution in [3.05, 3.63) is 35.6 Å². The van der Waals surface area contributed by atoms with Crippen LogP contribution in [-0.2, 0) is 9.53 Å². The predicted octanol–water partition coefficient (Wildman–Crippen LogP) is 2.96. The van der Waals surface area contributed by atoms with Crippen molar-refractivity contribution in [2.45, 2.75) is 51.2 Å². The van der Waals surface area contributed by atoms with Crippen LogP contribution in [-0.4, -0.2) is 30.3 Å². The summed E-state index contributed by atoms with van der Waals surface area (Å²) in [5, 5.41) is 12.7. The van der Waals surface area contributed by atoms with Crippen molar-refractivity contribution in [1.29, 1.82) is 0 Å². The van der Waals surface area contributed by atoms with Crippen LogP contribution in [0.1, 0.15) is 50.7 Å². The Morgan fingerprint density at radius 1 is 1.43 bits per heavy atom. The van der Waals surface area contributed by atoms with E-state index in [1.807, 2.05) is 0 Å². The van der Waals surface area contributed by atoms with E-state index in [4.69, 9.17) is 4.74 Å². The third-order valence-electron chi connectivity index (χ3n) is 4.40. The molecule has 0 spiro atoms. The Balaban J connectivity index is 1.65. The molecule has 0 aliphatic heterocycles. The van der Waals surface area contributed by atoms with Gasteiger partial charge in [-0.3, -0.25) is 4.79 Å². The molecule has 1 aromatic carbocycles. The first kappa shape index (κ1) is 17.9. The van der Waals surface area contributed by atoms with Crippen LogP contribution in [0, 0.1) is 11.7 Å². The van der Waals surface area contributed by atoms with Crippen LogP contribution < -0.4 is 5.32 Å². The van der Waals surface area contributed by atoms with Crippen LogP contribution in [0.2, 0.25) is 0 Å². The number of aliphatic hydroxyl groups is 1. The van der Waals surface area contributed by atoms with Crippen molar-refractivity contribution in [2.75, 3.05) is 13.2 Å². The predicted molar refractivity (Wildman–Crippen MR) is 86.4 cm³/mol. The van der Waals surface area contributed by atoms with Crippen LogP contribution >= 0.6 is 0 Å². The van der Waals surface area contributed by atoms with Gasteiger partial charge in [-0.2, -0.15) is 0 Å². The molecule has 3 unspecified atom stereocenters. The van der Waals surface area contributed by atoms with Gasteiger partial charge in [0.25, 0.3) is 0 Å². The van der Waals surface area contributed by atoms with Gasteiger partial charge < -0.3 is 15.2 Å². The first-order valence-electron chi connectivity index (χ1n) is 8.38. The minimum atomic E-state index is -0.995. The summed E-state index contributed by atoms with van der Waals surface area (Å²) in [6, 6.07) is 5.67. The molecule has 2 rings (SSSR count). The Morgan fingerprint density at radius 2 is 2.22 bits per heavy atom. The Hall–Kier alpha value is -1.46. The van der Waals surface area contributed by atoms with Gasteiger partial charge in [0.1, 0.15) is 5.82 Å². The van der Waals surface area contributed by atoms with Gasteiger partial charge in [0, 0.05) is 6.54 Å². The number of nitrogens with one attached hydrogen (secondary N) is 1. The molecule has 2 N–H and O–H groups in total. The molecule has 5 heteroatoms. The van der Waals surface area contributed by atoms with E-state index in [9.17, 15) is 14.3 Å². The third-order valence-corrected chi connectivity index (χ3v) is 4.40. The van der Waals surface area contributed by atoms with E-state index in [1.165, 1.54) is 37.5 Å². The molecule has 1 fully saturated rings. The third kappa shape index (κ3) is 5.92. The number of carbonyl (C=O) groups is 1. The number of rotatable bonds is 7. The van der Waals surface area contributed by atoms with E-state index >= 15 is 0 Å². The van der Waals surface area contributed by atoms with Crippen LogP contribution in [0.25, 0.3) is 0 Å². The number of carbonyl (C=O) groups excluding carboxylic acids is 1. The fourth-order valence-electron chi connectivity index (χ4n) is 3.01. The summed E-state index contributed by atoms with van der Waals surface area (Å²) < 4.78 is 18.9. The first-order chi connectivity index (χ1) is 11.1. The fourth-order valence-corrected chi connectivity index (χ4v) is 3.01. The molecule has 0 saturated heterocycles. The van der Waals surface area contributed by atoms with Gasteiger partial charge in [0.2, 0.25) is 5.91 Å². The lowest BCUT2D eigenvalue weighted by Crippen LogP contribution is -2.32. The molecule has 0 bridgehead atoms. The van der Waals surface area contributed by atoms with Crippen molar-refractivity contribution >= 4 is 5.91 Å². The minimum absolute atomic E-state index is 0.0801. The second-order valence-corrected chi connectivity index (χ2v) is 6.30. The maximum atomic E-state index is 13.1. The van der Waals surface area contributed by atoms with Gasteiger partial charge in [0.15, 0.2) is 0 Å². The van der Waals surface area contributed by atoms with Gasteiger partial charge in [-0.1, -0.05) is 31.9 Å². The highest BCUT2D eigenvalue weighted by Gasteiger charge is 2.21. The molecule has 0 radical (unpaired) electrons. The molecule has 23 heavy (non-hydrogen) atoms. The molecule has 0 heterocycles. The summed E-state index contributed by atoms with van der Waals surface area (Å²) in [4.78, 5) is 11.8. The van der Waals surface area contributed by atoms with E-state index < -0.39 is 11.9 Å². The topological polar surface area (TPSA) is 58.6 Å². The van der Waals surface area contributed by atoms with Crippen molar-refractivity contribution in [3.63, 3.8) is 0 Å². The standard InChI is InChI=1S/C18H26FNO3/c1-13-5-2-3-8-17(13)23-10-9-20-18(22)12-16(21)14-6-4-7-15(19)11-14/h4,6-7,11,13,16-17,21H,2-3,5,8-10,12H2,1H3,(H,20,22). The molecule has 3 atom stereocenters. The normalized spacial score (nSPS) is 22.6. The lowest BCUT2D eigenvalue weighted by Gasteiger charge is -2.28. The second-order valence-electron chi connectivity index (χ2n) is 6.30. The Labute approximate surface area is 137 Å². The average molecular weight is 323 g/mol. The monoisotopic (exact) mass is 323 g/mol. The maximum absolute atomic E-state index is 13.1. The van der Waals surface area contributed by atoms with E-state index in [2.05, 4.69) is 12.2 Å². The van der Waals surface area contributed by atoms with Crippen molar-refractivity contribution < 1.29 is 19.0 Å². The minimum Gasteiger partial charge on any atom is -0.388 e. The molecular weight excluding hydrogens is 297 g/mol. The number of hydrogen-bond acceptors (Lipinski definition) is 3. The number of aliphatic hydroxyl groups excluding tert-OH is 1. The zero-order chi connectivity index (χ0) is 16.7. The van der Waals surface area contributed by atoms with E-state index in [0.29, 0.717) is 30.7 Å².